The van der Waals surface area contributed by atoms with Gasteiger partial charge in [0.1, 0.15) is 0 Å². The van der Waals surface area contributed by atoms with Crippen molar-refractivity contribution in [3.8, 4) is 11.5 Å². The Balaban J connectivity index is 1.86. The van der Waals surface area contributed by atoms with Crippen LogP contribution in [0.5, 0.6) is 11.5 Å². The molecule has 0 bridgehead atoms. The van der Waals surface area contributed by atoms with Crippen LogP contribution in [0.1, 0.15) is 36.8 Å². The molecule has 0 N–H and O–H groups in total. The van der Waals surface area contributed by atoms with Crippen molar-refractivity contribution < 1.29 is 22.8 Å². The number of nitrogens with zero attached hydrogens (tertiary/aromatic N) is 2. The van der Waals surface area contributed by atoms with Crippen molar-refractivity contribution in [2.75, 3.05) is 27.3 Å². The summed E-state index contributed by atoms with van der Waals surface area (Å²) in [6.45, 7) is 2.83. The molecule has 8 nitrogen and oxygen atoms in total. The SMILES string of the molecule is COc1cc(C)c(CSc2ccc(S(=O)(=O)N3CCCCCC3)cc2[N+](=O)[O-])cc1OC. The minimum absolute atomic E-state index is 0.0299. The Bertz CT molecular complexity index is 1080. The Kier molecular flexibility index (Phi) is 8.02. The van der Waals surface area contributed by atoms with E-state index in [2.05, 4.69) is 0 Å². The number of benzene rings is 2. The summed E-state index contributed by atoms with van der Waals surface area (Å²) in [6.07, 6.45) is 3.61. The van der Waals surface area contributed by atoms with Gasteiger partial charge in [0.15, 0.2) is 11.5 Å². The third-order valence-electron chi connectivity index (χ3n) is 5.56. The zero-order valence-corrected chi connectivity index (χ0v) is 20.1. The van der Waals surface area contributed by atoms with E-state index in [1.165, 1.54) is 34.3 Å². The molecule has 0 spiro atoms. The quantitative estimate of drug-likeness (QED) is 0.305. The molecular formula is C22H28N2O6S2. The summed E-state index contributed by atoms with van der Waals surface area (Å²) in [5.74, 6) is 1.67. The molecule has 0 unspecified atom stereocenters. The Morgan fingerprint density at radius 3 is 2.25 bits per heavy atom. The maximum atomic E-state index is 13.1. The predicted molar refractivity (Wildman–Crippen MR) is 124 cm³/mol. The molecule has 1 aliphatic heterocycles. The molecule has 1 heterocycles. The Hall–Kier alpha value is -2.30. The molecule has 0 aromatic heterocycles. The van der Waals surface area contributed by atoms with Crippen molar-refractivity contribution in [1.29, 1.82) is 0 Å². The van der Waals surface area contributed by atoms with Crippen LogP contribution >= 0.6 is 11.8 Å². The zero-order valence-electron chi connectivity index (χ0n) is 18.5. The van der Waals surface area contributed by atoms with E-state index in [1.807, 2.05) is 19.1 Å². The third-order valence-corrected chi connectivity index (χ3v) is 8.56. The first kappa shape index (κ1) is 24.3. The van der Waals surface area contributed by atoms with Gasteiger partial charge in [-0.25, -0.2) is 8.42 Å². The highest BCUT2D eigenvalue weighted by molar-refractivity contribution is 7.98. The van der Waals surface area contributed by atoms with Crippen LogP contribution in [0.2, 0.25) is 0 Å². The van der Waals surface area contributed by atoms with Crippen molar-refractivity contribution in [3.05, 3.63) is 51.6 Å². The number of hydrogen-bond donors (Lipinski definition) is 0. The lowest BCUT2D eigenvalue weighted by Crippen LogP contribution is -2.31. The fourth-order valence-electron chi connectivity index (χ4n) is 3.69. The van der Waals surface area contributed by atoms with Gasteiger partial charge in [-0.15, -0.1) is 11.8 Å². The van der Waals surface area contributed by atoms with Gasteiger partial charge in [-0.2, -0.15) is 4.31 Å². The summed E-state index contributed by atoms with van der Waals surface area (Å²) in [5.41, 5.74) is 1.71. The Morgan fingerprint density at radius 2 is 1.66 bits per heavy atom. The minimum atomic E-state index is -3.76. The lowest BCUT2D eigenvalue weighted by molar-refractivity contribution is -0.388. The van der Waals surface area contributed by atoms with E-state index in [4.69, 9.17) is 9.47 Å². The molecule has 10 heteroatoms. The first-order valence-corrected chi connectivity index (χ1v) is 12.8. The van der Waals surface area contributed by atoms with Gasteiger partial charge in [0.25, 0.3) is 5.69 Å². The first-order chi connectivity index (χ1) is 15.3. The fraction of sp³-hybridized carbons (Fsp3) is 0.455. The highest BCUT2D eigenvalue weighted by Gasteiger charge is 2.28. The Labute approximate surface area is 193 Å². The lowest BCUT2D eigenvalue weighted by Gasteiger charge is -2.20. The number of ether oxygens (including phenoxy) is 2. The number of nitro groups is 1. The molecule has 0 aliphatic carbocycles. The van der Waals surface area contributed by atoms with E-state index in [1.54, 1.807) is 14.2 Å². The highest BCUT2D eigenvalue weighted by Crippen LogP contribution is 2.37. The van der Waals surface area contributed by atoms with Gasteiger partial charge in [0.2, 0.25) is 10.0 Å². The second kappa shape index (κ2) is 10.5. The van der Waals surface area contributed by atoms with E-state index < -0.39 is 14.9 Å². The van der Waals surface area contributed by atoms with Crippen molar-refractivity contribution >= 4 is 27.5 Å². The number of thioether (sulfide) groups is 1. The maximum absolute atomic E-state index is 13.1. The van der Waals surface area contributed by atoms with E-state index in [0.29, 0.717) is 35.2 Å². The number of methoxy groups -OCH3 is 2. The smallest absolute Gasteiger partial charge is 0.284 e. The van der Waals surface area contributed by atoms with E-state index in [9.17, 15) is 18.5 Å². The number of nitro benzene ring substituents is 1. The molecule has 2 aromatic rings. The van der Waals surface area contributed by atoms with Crippen LogP contribution in [0.15, 0.2) is 40.1 Å². The zero-order chi connectivity index (χ0) is 23.3. The summed E-state index contributed by atoms with van der Waals surface area (Å²) in [5, 5.41) is 11.7. The molecule has 0 amide bonds. The van der Waals surface area contributed by atoms with Gasteiger partial charge in [0, 0.05) is 24.9 Å². The van der Waals surface area contributed by atoms with Gasteiger partial charge in [-0.3, -0.25) is 10.1 Å². The number of rotatable bonds is 8. The average molecular weight is 481 g/mol. The molecule has 3 rings (SSSR count). The van der Waals surface area contributed by atoms with Crippen molar-refractivity contribution in [2.45, 2.75) is 48.2 Å². The van der Waals surface area contributed by atoms with E-state index >= 15 is 0 Å². The summed E-state index contributed by atoms with van der Waals surface area (Å²) < 4.78 is 38.2. The van der Waals surface area contributed by atoms with Crippen LogP contribution in [0.25, 0.3) is 0 Å². The van der Waals surface area contributed by atoms with E-state index in [-0.39, 0.29) is 10.6 Å². The van der Waals surface area contributed by atoms with Crippen LogP contribution in [-0.2, 0) is 15.8 Å². The van der Waals surface area contributed by atoms with Crippen LogP contribution in [0.4, 0.5) is 5.69 Å². The van der Waals surface area contributed by atoms with Gasteiger partial charge >= 0.3 is 0 Å². The minimum Gasteiger partial charge on any atom is -0.493 e. The molecule has 1 saturated heterocycles. The lowest BCUT2D eigenvalue weighted by atomic mass is 10.1. The average Bonchev–Trinajstić information content (AvgIpc) is 3.08. The molecule has 1 aliphatic rings. The number of aryl methyl sites for hydroxylation is 1. The molecule has 0 atom stereocenters. The standard InChI is InChI=1S/C22H28N2O6S2/c1-16-12-20(29-2)21(30-3)13-17(16)15-31-22-9-8-18(14-19(22)24(25)26)32(27,28)23-10-6-4-5-7-11-23/h8-9,12-14H,4-7,10-11,15H2,1-3H3. The number of sulfonamides is 1. The second-order valence-electron chi connectivity index (χ2n) is 7.63. The van der Waals surface area contributed by atoms with Crippen molar-refractivity contribution in [1.82, 2.24) is 4.31 Å². The fourth-order valence-corrected chi connectivity index (χ4v) is 6.29. The van der Waals surface area contributed by atoms with Gasteiger partial charge in [-0.05, 0) is 55.2 Å². The monoisotopic (exact) mass is 480 g/mol. The van der Waals surface area contributed by atoms with Crippen LogP contribution in [0.3, 0.4) is 0 Å². The highest BCUT2D eigenvalue weighted by atomic mass is 32.2. The Morgan fingerprint density at radius 1 is 1.03 bits per heavy atom. The summed E-state index contributed by atoms with van der Waals surface area (Å²) in [7, 11) is -0.640. The first-order valence-electron chi connectivity index (χ1n) is 10.4. The molecule has 2 aromatic carbocycles. The largest absolute Gasteiger partial charge is 0.493 e. The van der Waals surface area contributed by atoms with Gasteiger partial charge in [0.05, 0.1) is 28.9 Å². The van der Waals surface area contributed by atoms with Crippen LogP contribution in [-0.4, -0.2) is 45.0 Å². The van der Waals surface area contributed by atoms with Crippen LogP contribution in [0, 0.1) is 17.0 Å². The third kappa shape index (κ3) is 5.36. The van der Waals surface area contributed by atoms with Crippen LogP contribution < -0.4 is 9.47 Å². The predicted octanol–water partition coefficient (Wildman–Crippen LogP) is 4.78. The molecule has 0 radical (unpaired) electrons. The summed E-state index contributed by atoms with van der Waals surface area (Å²) >= 11 is 1.29. The van der Waals surface area contributed by atoms with Crippen molar-refractivity contribution in [2.24, 2.45) is 0 Å². The van der Waals surface area contributed by atoms with Crippen molar-refractivity contribution in [3.63, 3.8) is 0 Å². The number of hydrogen-bond acceptors (Lipinski definition) is 7. The van der Waals surface area contributed by atoms with Gasteiger partial charge < -0.3 is 9.47 Å². The molecule has 32 heavy (non-hydrogen) atoms. The topological polar surface area (TPSA) is 99.0 Å². The normalized spacial score (nSPS) is 15.2. The molecule has 0 saturated carbocycles. The van der Waals surface area contributed by atoms with E-state index in [0.717, 1.165) is 36.8 Å². The second-order valence-corrected chi connectivity index (χ2v) is 10.6. The van der Waals surface area contributed by atoms with Gasteiger partial charge in [-0.1, -0.05) is 12.8 Å². The summed E-state index contributed by atoms with van der Waals surface area (Å²) in [4.78, 5) is 11.6. The summed E-state index contributed by atoms with van der Waals surface area (Å²) in [6, 6.07) is 7.90. The maximum Gasteiger partial charge on any atom is 0.284 e. The molecule has 1 fully saturated rings. The molecular weight excluding hydrogens is 452 g/mol. The molecule has 174 valence electrons.